The number of halogens is 5. The molecule has 0 radical (unpaired) electrons. The van der Waals surface area contributed by atoms with Gasteiger partial charge >= 0.3 is 6.18 Å². The van der Waals surface area contributed by atoms with E-state index in [-0.39, 0.29) is 11.3 Å². The van der Waals surface area contributed by atoms with Crippen LogP contribution in [0.15, 0.2) is 39.4 Å². The Labute approximate surface area is 119 Å². The number of alkyl halides is 3. The molecule has 1 aromatic carbocycles. The fourth-order valence-corrected chi connectivity index (χ4v) is 2.24. The fourth-order valence-electron chi connectivity index (χ4n) is 1.81. The van der Waals surface area contributed by atoms with Crippen LogP contribution in [0.3, 0.4) is 0 Å². The van der Waals surface area contributed by atoms with Gasteiger partial charge in [-0.3, -0.25) is 5.84 Å². The Morgan fingerprint density at radius 2 is 1.95 bits per heavy atom. The number of hydrogen-bond acceptors (Lipinski definition) is 3. The number of nitrogens with two attached hydrogens (primary N) is 1. The van der Waals surface area contributed by atoms with Crippen LogP contribution in [-0.2, 0) is 6.18 Å². The van der Waals surface area contributed by atoms with E-state index in [0.717, 1.165) is 6.07 Å². The molecule has 0 amide bonds. The lowest BCUT2D eigenvalue weighted by molar-refractivity contribution is -0.140. The van der Waals surface area contributed by atoms with Gasteiger partial charge in [0.1, 0.15) is 17.6 Å². The second kappa shape index (κ2) is 5.55. The van der Waals surface area contributed by atoms with Crippen molar-refractivity contribution in [1.29, 1.82) is 0 Å². The van der Waals surface area contributed by atoms with Gasteiger partial charge in [-0.25, -0.2) is 9.82 Å². The summed E-state index contributed by atoms with van der Waals surface area (Å²) in [5.74, 6) is 4.12. The molecule has 1 aromatic heterocycles. The molecule has 1 unspecified atom stereocenters. The lowest BCUT2D eigenvalue weighted by Gasteiger charge is -2.18. The van der Waals surface area contributed by atoms with Crippen molar-refractivity contribution in [3.63, 3.8) is 0 Å². The van der Waals surface area contributed by atoms with Crippen LogP contribution in [0.4, 0.5) is 17.6 Å². The van der Waals surface area contributed by atoms with Crippen LogP contribution >= 0.6 is 15.9 Å². The first-order valence-electron chi connectivity index (χ1n) is 5.41. The highest BCUT2D eigenvalue weighted by Gasteiger charge is 2.36. The van der Waals surface area contributed by atoms with Gasteiger partial charge in [0.2, 0.25) is 0 Å². The van der Waals surface area contributed by atoms with Crippen molar-refractivity contribution in [2.24, 2.45) is 5.84 Å². The van der Waals surface area contributed by atoms with E-state index < -0.39 is 23.6 Å². The van der Waals surface area contributed by atoms with Crippen LogP contribution in [0.2, 0.25) is 0 Å². The molecule has 2 rings (SSSR count). The number of nitrogens with one attached hydrogen (secondary N) is 1. The maximum Gasteiger partial charge on any atom is 0.419 e. The standard InChI is InChI=1S/C12H9BrF4N2O/c13-8-4-5-20-11(8)10(19-18)6-2-1-3-7(9(6)14)12(15,16)17/h1-5,10,19H,18H2. The molecule has 0 aliphatic heterocycles. The molecular formula is C12H9BrF4N2O. The first kappa shape index (κ1) is 15.0. The summed E-state index contributed by atoms with van der Waals surface area (Å²) in [7, 11) is 0. The van der Waals surface area contributed by atoms with Crippen molar-refractivity contribution in [1.82, 2.24) is 5.43 Å². The third-order valence-electron chi connectivity index (χ3n) is 2.72. The van der Waals surface area contributed by atoms with Crippen LogP contribution in [0, 0.1) is 5.82 Å². The molecule has 0 saturated carbocycles. The molecule has 0 saturated heterocycles. The summed E-state index contributed by atoms with van der Waals surface area (Å²) in [5.41, 5.74) is 0.649. The van der Waals surface area contributed by atoms with E-state index in [1.807, 2.05) is 0 Å². The molecule has 2 aromatic rings. The molecule has 3 nitrogen and oxygen atoms in total. The molecule has 0 bridgehead atoms. The maximum atomic E-state index is 14.1. The van der Waals surface area contributed by atoms with Gasteiger partial charge in [0.05, 0.1) is 16.3 Å². The van der Waals surface area contributed by atoms with Gasteiger partial charge in [-0.2, -0.15) is 13.2 Å². The Bertz CT molecular complexity index is 612. The minimum absolute atomic E-state index is 0.186. The smallest absolute Gasteiger partial charge is 0.419 e. The largest absolute Gasteiger partial charge is 0.466 e. The van der Waals surface area contributed by atoms with Gasteiger partial charge in [0, 0.05) is 5.56 Å². The lowest BCUT2D eigenvalue weighted by Crippen LogP contribution is -2.30. The van der Waals surface area contributed by atoms with Gasteiger partial charge in [-0.15, -0.1) is 0 Å². The number of furan rings is 1. The zero-order valence-corrected chi connectivity index (χ0v) is 11.4. The van der Waals surface area contributed by atoms with E-state index in [0.29, 0.717) is 10.5 Å². The first-order valence-corrected chi connectivity index (χ1v) is 6.20. The molecule has 0 aliphatic carbocycles. The van der Waals surface area contributed by atoms with Gasteiger partial charge in [0.15, 0.2) is 0 Å². The molecule has 0 aliphatic rings. The van der Waals surface area contributed by atoms with E-state index >= 15 is 0 Å². The molecular weight excluding hydrogens is 344 g/mol. The quantitative estimate of drug-likeness (QED) is 0.502. The minimum atomic E-state index is -4.78. The van der Waals surface area contributed by atoms with Gasteiger partial charge in [0.25, 0.3) is 0 Å². The Morgan fingerprint density at radius 1 is 1.25 bits per heavy atom. The molecule has 1 atom stereocenters. The van der Waals surface area contributed by atoms with Crippen LogP contribution in [-0.4, -0.2) is 0 Å². The van der Waals surface area contributed by atoms with E-state index in [1.165, 1.54) is 18.4 Å². The third kappa shape index (κ3) is 2.72. The highest BCUT2D eigenvalue weighted by molar-refractivity contribution is 9.10. The number of benzene rings is 1. The highest BCUT2D eigenvalue weighted by Crippen LogP contribution is 2.36. The predicted octanol–water partition coefficient (Wildman–Crippen LogP) is 3.75. The average Bonchev–Trinajstić information content (AvgIpc) is 2.77. The summed E-state index contributed by atoms with van der Waals surface area (Å²) in [5, 5.41) is 0. The SMILES string of the molecule is NNC(c1cccc(C(F)(F)F)c1F)c1occc1Br. The molecule has 0 fully saturated rings. The summed E-state index contributed by atoms with van der Waals surface area (Å²) in [6.07, 6.45) is -3.46. The van der Waals surface area contributed by atoms with Crippen molar-refractivity contribution in [2.75, 3.05) is 0 Å². The van der Waals surface area contributed by atoms with Gasteiger partial charge < -0.3 is 4.42 Å². The third-order valence-corrected chi connectivity index (χ3v) is 3.37. The van der Waals surface area contributed by atoms with Gasteiger partial charge in [-0.05, 0) is 28.1 Å². The molecule has 3 N–H and O–H groups in total. The summed E-state index contributed by atoms with van der Waals surface area (Å²) < 4.78 is 57.7. The summed E-state index contributed by atoms with van der Waals surface area (Å²) in [6, 6.07) is 3.49. The molecule has 8 heteroatoms. The van der Waals surface area contributed by atoms with Crippen LogP contribution < -0.4 is 11.3 Å². The van der Waals surface area contributed by atoms with E-state index in [9.17, 15) is 17.6 Å². The Hall–Kier alpha value is -1.38. The number of hydrazine groups is 1. The molecule has 108 valence electrons. The Morgan fingerprint density at radius 3 is 2.45 bits per heavy atom. The number of hydrogen-bond donors (Lipinski definition) is 2. The Balaban J connectivity index is 2.54. The highest BCUT2D eigenvalue weighted by atomic mass is 79.9. The summed E-state index contributed by atoms with van der Waals surface area (Å²) >= 11 is 3.15. The Kier molecular flexibility index (Phi) is 4.17. The van der Waals surface area contributed by atoms with E-state index in [2.05, 4.69) is 21.4 Å². The first-order chi connectivity index (χ1) is 9.36. The van der Waals surface area contributed by atoms with Crippen LogP contribution in [0.25, 0.3) is 0 Å². The molecule has 0 spiro atoms. The van der Waals surface area contributed by atoms with Crippen molar-refractivity contribution >= 4 is 15.9 Å². The molecule has 1 heterocycles. The zero-order chi connectivity index (χ0) is 14.9. The van der Waals surface area contributed by atoms with E-state index in [1.54, 1.807) is 0 Å². The summed E-state index contributed by atoms with van der Waals surface area (Å²) in [4.78, 5) is 0. The fraction of sp³-hybridized carbons (Fsp3) is 0.167. The number of rotatable bonds is 3. The summed E-state index contributed by atoms with van der Waals surface area (Å²) in [6.45, 7) is 0. The minimum Gasteiger partial charge on any atom is -0.466 e. The second-order valence-electron chi connectivity index (χ2n) is 3.94. The topological polar surface area (TPSA) is 51.2 Å². The zero-order valence-electron chi connectivity index (χ0n) is 9.84. The average molecular weight is 353 g/mol. The van der Waals surface area contributed by atoms with Crippen molar-refractivity contribution in [3.8, 4) is 0 Å². The lowest BCUT2D eigenvalue weighted by atomic mass is 10.0. The van der Waals surface area contributed by atoms with E-state index in [4.69, 9.17) is 10.3 Å². The maximum absolute atomic E-state index is 14.1. The molecule has 20 heavy (non-hydrogen) atoms. The monoisotopic (exact) mass is 352 g/mol. The van der Waals surface area contributed by atoms with Crippen molar-refractivity contribution in [2.45, 2.75) is 12.2 Å². The van der Waals surface area contributed by atoms with Crippen LogP contribution in [0.1, 0.15) is 22.9 Å². The van der Waals surface area contributed by atoms with Gasteiger partial charge in [-0.1, -0.05) is 12.1 Å². The van der Waals surface area contributed by atoms with Crippen molar-refractivity contribution in [3.05, 3.63) is 57.7 Å². The predicted molar refractivity (Wildman–Crippen MR) is 67.0 cm³/mol. The second-order valence-corrected chi connectivity index (χ2v) is 4.79. The van der Waals surface area contributed by atoms with Crippen molar-refractivity contribution < 1.29 is 22.0 Å². The normalized spacial score (nSPS) is 13.5. The van der Waals surface area contributed by atoms with Crippen LogP contribution in [0.5, 0.6) is 0 Å².